The van der Waals surface area contributed by atoms with E-state index in [0.29, 0.717) is 13.0 Å². The van der Waals surface area contributed by atoms with Crippen LogP contribution in [0.4, 0.5) is 0 Å². The summed E-state index contributed by atoms with van der Waals surface area (Å²) in [5, 5.41) is 9.78. The van der Waals surface area contributed by atoms with Crippen molar-refractivity contribution in [1.82, 2.24) is 0 Å². The number of rotatable bonds is 7. The van der Waals surface area contributed by atoms with Crippen LogP contribution in [-0.4, -0.2) is 24.4 Å². The van der Waals surface area contributed by atoms with Crippen molar-refractivity contribution in [2.45, 2.75) is 39.2 Å². The van der Waals surface area contributed by atoms with Crippen molar-refractivity contribution in [2.24, 2.45) is 0 Å². The average Bonchev–Trinajstić information content (AvgIpc) is 2.30. The first-order chi connectivity index (χ1) is 7.76. The summed E-state index contributed by atoms with van der Waals surface area (Å²) in [4.78, 5) is 0. The van der Waals surface area contributed by atoms with Gasteiger partial charge in [-0.05, 0) is 37.3 Å². The van der Waals surface area contributed by atoms with Gasteiger partial charge in [-0.2, -0.15) is 0 Å². The molecule has 1 rings (SSSR count). The van der Waals surface area contributed by atoms with E-state index >= 15 is 0 Å². The van der Waals surface area contributed by atoms with Crippen molar-refractivity contribution in [3.05, 3.63) is 35.4 Å². The second-order valence-corrected chi connectivity index (χ2v) is 4.01. The standard InChI is InChI=1S/C14H22O2/c1-3-12-5-7-13(8-6-12)11-14(15)9-10-16-4-2/h5-8,14-15H,3-4,9-11H2,1-2H3. The number of benzene rings is 1. The highest BCUT2D eigenvalue weighted by molar-refractivity contribution is 5.22. The van der Waals surface area contributed by atoms with Gasteiger partial charge in [0.25, 0.3) is 0 Å². The Balaban J connectivity index is 2.34. The third-order valence-electron chi connectivity index (χ3n) is 2.70. The summed E-state index contributed by atoms with van der Waals surface area (Å²) < 4.78 is 5.22. The summed E-state index contributed by atoms with van der Waals surface area (Å²) in [5.74, 6) is 0. The largest absolute Gasteiger partial charge is 0.393 e. The zero-order valence-corrected chi connectivity index (χ0v) is 10.3. The van der Waals surface area contributed by atoms with Crippen LogP contribution in [0.1, 0.15) is 31.4 Å². The van der Waals surface area contributed by atoms with E-state index in [2.05, 4.69) is 31.2 Å². The normalized spacial score (nSPS) is 12.7. The zero-order valence-electron chi connectivity index (χ0n) is 10.3. The Hall–Kier alpha value is -0.860. The highest BCUT2D eigenvalue weighted by Crippen LogP contribution is 2.09. The minimum absolute atomic E-state index is 0.293. The van der Waals surface area contributed by atoms with E-state index in [-0.39, 0.29) is 6.10 Å². The van der Waals surface area contributed by atoms with E-state index in [1.807, 2.05) is 6.92 Å². The van der Waals surface area contributed by atoms with Gasteiger partial charge < -0.3 is 9.84 Å². The molecule has 0 spiro atoms. The second kappa shape index (κ2) is 7.42. The minimum atomic E-state index is -0.293. The summed E-state index contributed by atoms with van der Waals surface area (Å²) >= 11 is 0. The molecule has 0 saturated heterocycles. The molecule has 1 aromatic carbocycles. The molecule has 1 unspecified atom stereocenters. The summed E-state index contributed by atoms with van der Waals surface area (Å²) in [6.07, 6.45) is 2.20. The molecule has 0 aromatic heterocycles. The van der Waals surface area contributed by atoms with E-state index in [9.17, 15) is 5.11 Å². The molecule has 0 fully saturated rings. The van der Waals surface area contributed by atoms with Gasteiger partial charge in [0.1, 0.15) is 0 Å². The number of hydrogen-bond donors (Lipinski definition) is 1. The Kier molecular flexibility index (Phi) is 6.12. The SMILES string of the molecule is CCOCCC(O)Cc1ccc(CC)cc1. The molecule has 16 heavy (non-hydrogen) atoms. The maximum atomic E-state index is 9.78. The average molecular weight is 222 g/mol. The summed E-state index contributed by atoms with van der Waals surface area (Å²) in [6.45, 7) is 5.48. The Morgan fingerprint density at radius 2 is 1.75 bits per heavy atom. The molecule has 2 heteroatoms. The third-order valence-corrected chi connectivity index (χ3v) is 2.70. The van der Waals surface area contributed by atoms with Crippen molar-refractivity contribution >= 4 is 0 Å². The highest BCUT2D eigenvalue weighted by atomic mass is 16.5. The van der Waals surface area contributed by atoms with E-state index in [4.69, 9.17) is 4.74 Å². The monoisotopic (exact) mass is 222 g/mol. The van der Waals surface area contributed by atoms with Crippen LogP contribution < -0.4 is 0 Å². The lowest BCUT2D eigenvalue weighted by Gasteiger charge is -2.10. The van der Waals surface area contributed by atoms with E-state index in [1.165, 1.54) is 11.1 Å². The summed E-state index contributed by atoms with van der Waals surface area (Å²) in [7, 11) is 0. The quantitative estimate of drug-likeness (QED) is 0.718. The molecule has 0 aliphatic heterocycles. The fourth-order valence-electron chi connectivity index (χ4n) is 1.65. The Bertz CT molecular complexity index is 279. The first-order valence-electron chi connectivity index (χ1n) is 6.09. The molecule has 90 valence electrons. The third kappa shape index (κ3) is 4.77. The van der Waals surface area contributed by atoms with Gasteiger partial charge in [-0.1, -0.05) is 31.2 Å². The lowest BCUT2D eigenvalue weighted by atomic mass is 10.0. The van der Waals surface area contributed by atoms with Gasteiger partial charge in [-0.3, -0.25) is 0 Å². The molecule has 0 aliphatic rings. The van der Waals surface area contributed by atoms with Crippen molar-refractivity contribution in [3.63, 3.8) is 0 Å². The molecule has 0 heterocycles. The van der Waals surface area contributed by atoms with Crippen LogP contribution in [0.2, 0.25) is 0 Å². The second-order valence-electron chi connectivity index (χ2n) is 4.01. The minimum Gasteiger partial charge on any atom is -0.393 e. The molecule has 1 atom stereocenters. The maximum absolute atomic E-state index is 9.78. The van der Waals surface area contributed by atoms with Gasteiger partial charge in [-0.25, -0.2) is 0 Å². The van der Waals surface area contributed by atoms with Crippen LogP contribution in [0.3, 0.4) is 0 Å². The van der Waals surface area contributed by atoms with Gasteiger partial charge >= 0.3 is 0 Å². The first kappa shape index (κ1) is 13.2. The molecule has 0 saturated carbocycles. The summed E-state index contributed by atoms with van der Waals surface area (Å²) in [5.41, 5.74) is 2.54. The molecule has 0 amide bonds. The van der Waals surface area contributed by atoms with Crippen LogP contribution >= 0.6 is 0 Å². The van der Waals surface area contributed by atoms with Gasteiger partial charge in [0.2, 0.25) is 0 Å². The van der Waals surface area contributed by atoms with Crippen molar-refractivity contribution < 1.29 is 9.84 Å². The molecule has 1 aromatic rings. The molecule has 0 bridgehead atoms. The fourth-order valence-corrected chi connectivity index (χ4v) is 1.65. The van der Waals surface area contributed by atoms with Crippen molar-refractivity contribution in [2.75, 3.05) is 13.2 Å². The highest BCUT2D eigenvalue weighted by Gasteiger charge is 2.05. The Morgan fingerprint density at radius 3 is 2.31 bits per heavy atom. The topological polar surface area (TPSA) is 29.5 Å². The Labute approximate surface area is 98.3 Å². The van der Waals surface area contributed by atoms with Gasteiger partial charge in [0.15, 0.2) is 0 Å². The molecule has 0 radical (unpaired) electrons. The predicted molar refractivity (Wildman–Crippen MR) is 66.6 cm³/mol. The lowest BCUT2D eigenvalue weighted by molar-refractivity contribution is 0.0887. The van der Waals surface area contributed by atoms with E-state index < -0.39 is 0 Å². The zero-order chi connectivity index (χ0) is 11.8. The molecule has 2 nitrogen and oxygen atoms in total. The van der Waals surface area contributed by atoms with E-state index in [1.54, 1.807) is 0 Å². The molecule has 0 aliphatic carbocycles. The molecule has 1 N–H and O–H groups in total. The fraction of sp³-hybridized carbons (Fsp3) is 0.571. The number of aliphatic hydroxyl groups is 1. The van der Waals surface area contributed by atoms with Gasteiger partial charge in [0.05, 0.1) is 6.10 Å². The number of ether oxygens (including phenoxy) is 1. The lowest BCUT2D eigenvalue weighted by Crippen LogP contribution is -2.13. The predicted octanol–water partition coefficient (Wildman–Crippen LogP) is 2.58. The van der Waals surface area contributed by atoms with Crippen LogP contribution in [0.5, 0.6) is 0 Å². The maximum Gasteiger partial charge on any atom is 0.0602 e. The molecular weight excluding hydrogens is 200 g/mol. The van der Waals surface area contributed by atoms with Gasteiger partial charge in [0, 0.05) is 13.2 Å². The van der Waals surface area contributed by atoms with Crippen LogP contribution in [-0.2, 0) is 17.6 Å². The molecular formula is C14H22O2. The van der Waals surface area contributed by atoms with Crippen LogP contribution in [0.15, 0.2) is 24.3 Å². The Morgan fingerprint density at radius 1 is 1.12 bits per heavy atom. The van der Waals surface area contributed by atoms with Crippen LogP contribution in [0, 0.1) is 0 Å². The number of hydrogen-bond acceptors (Lipinski definition) is 2. The first-order valence-corrected chi connectivity index (χ1v) is 6.09. The smallest absolute Gasteiger partial charge is 0.0602 e. The number of aryl methyl sites for hydroxylation is 1. The van der Waals surface area contributed by atoms with E-state index in [0.717, 1.165) is 19.4 Å². The van der Waals surface area contributed by atoms with Gasteiger partial charge in [-0.15, -0.1) is 0 Å². The van der Waals surface area contributed by atoms with Crippen molar-refractivity contribution in [1.29, 1.82) is 0 Å². The summed E-state index contributed by atoms with van der Waals surface area (Å²) in [6, 6.07) is 8.46. The van der Waals surface area contributed by atoms with Crippen LogP contribution in [0.25, 0.3) is 0 Å². The number of aliphatic hydroxyl groups excluding tert-OH is 1. The van der Waals surface area contributed by atoms with Crippen molar-refractivity contribution in [3.8, 4) is 0 Å².